The van der Waals surface area contributed by atoms with Gasteiger partial charge in [-0.25, -0.2) is 4.39 Å². The van der Waals surface area contributed by atoms with E-state index in [-0.39, 0.29) is 16.0 Å². The molecule has 0 aliphatic carbocycles. The molecule has 0 saturated carbocycles. The standard InChI is InChI=1S/C21H19FN4O3S/c22-17-3-1-2-4-18(17)26-20(28)16(19(27)24-21(26)30)13-23-14-5-7-15(8-6-14)25-9-11-29-12-10-25/h1-8,13,28H,9-12H2,(H,24,27,30). The van der Waals surface area contributed by atoms with Crippen molar-refractivity contribution >= 4 is 29.8 Å². The van der Waals surface area contributed by atoms with E-state index >= 15 is 0 Å². The zero-order valence-electron chi connectivity index (χ0n) is 15.9. The minimum atomic E-state index is -0.612. The highest BCUT2D eigenvalue weighted by atomic mass is 32.1. The van der Waals surface area contributed by atoms with Gasteiger partial charge in [0.1, 0.15) is 11.4 Å². The number of aliphatic imine (C=N–C) groups is 1. The van der Waals surface area contributed by atoms with Crippen LogP contribution in [0, 0.1) is 10.6 Å². The molecule has 1 fully saturated rings. The molecule has 30 heavy (non-hydrogen) atoms. The largest absolute Gasteiger partial charge is 0.494 e. The summed E-state index contributed by atoms with van der Waals surface area (Å²) in [6.07, 6.45) is 1.24. The van der Waals surface area contributed by atoms with E-state index in [0.29, 0.717) is 18.9 Å². The number of benzene rings is 2. The SMILES string of the molecule is O=c1[nH]c(=S)n(-c2ccccc2F)c(O)c1C=Nc1ccc(N2CCOCC2)cc1. The predicted molar refractivity (Wildman–Crippen MR) is 116 cm³/mol. The Balaban J connectivity index is 1.65. The lowest BCUT2D eigenvalue weighted by atomic mass is 10.2. The minimum Gasteiger partial charge on any atom is -0.494 e. The third-order valence-electron chi connectivity index (χ3n) is 4.78. The fourth-order valence-corrected chi connectivity index (χ4v) is 3.50. The number of nitrogens with one attached hydrogen (secondary N) is 1. The van der Waals surface area contributed by atoms with Crippen molar-refractivity contribution in [2.24, 2.45) is 4.99 Å². The number of aromatic amines is 1. The Morgan fingerprint density at radius 2 is 1.83 bits per heavy atom. The van der Waals surface area contributed by atoms with Gasteiger partial charge in [-0.15, -0.1) is 0 Å². The molecule has 3 aromatic rings. The van der Waals surface area contributed by atoms with Crippen molar-refractivity contribution < 1.29 is 14.2 Å². The highest BCUT2D eigenvalue weighted by molar-refractivity contribution is 7.71. The highest BCUT2D eigenvalue weighted by Gasteiger charge is 2.15. The summed E-state index contributed by atoms with van der Waals surface area (Å²) in [5.41, 5.74) is 0.958. The summed E-state index contributed by atoms with van der Waals surface area (Å²) in [5.74, 6) is -1.07. The number of aromatic nitrogens is 2. The molecular formula is C21H19FN4O3S. The van der Waals surface area contributed by atoms with Crippen molar-refractivity contribution in [2.75, 3.05) is 31.2 Å². The van der Waals surface area contributed by atoms with Crippen LogP contribution in [0.3, 0.4) is 0 Å². The van der Waals surface area contributed by atoms with Crippen molar-refractivity contribution in [3.05, 3.63) is 75.0 Å². The van der Waals surface area contributed by atoms with E-state index in [1.807, 2.05) is 24.3 Å². The molecule has 7 nitrogen and oxygen atoms in total. The van der Waals surface area contributed by atoms with Gasteiger partial charge >= 0.3 is 0 Å². The lowest BCUT2D eigenvalue weighted by Crippen LogP contribution is -2.36. The fourth-order valence-electron chi connectivity index (χ4n) is 3.22. The van der Waals surface area contributed by atoms with Gasteiger partial charge in [-0.1, -0.05) is 12.1 Å². The second-order valence-corrected chi connectivity index (χ2v) is 7.04. The zero-order chi connectivity index (χ0) is 21.1. The van der Waals surface area contributed by atoms with Crippen LogP contribution >= 0.6 is 12.2 Å². The average molecular weight is 426 g/mol. The minimum absolute atomic E-state index is 0.0285. The van der Waals surface area contributed by atoms with E-state index in [9.17, 15) is 14.3 Å². The van der Waals surface area contributed by atoms with Gasteiger partial charge < -0.3 is 14.7 Å². The topological polar surface area (TPSA) is 82.8 Å². The Morgan fingerprint density at radius 3 is 2.53 bits per heavy atom. The van der Waals surface area contributed by atoms with Gasteiger partial charge in [0.25, 0.3) is 5.56 Å². The first-order valence-corrected chi connectivity index (χ1v) is 9.75. The first kappa shape index (κ1) is 20.0. The van der Waals surface area contributed by atoms with Crippen molar-refractivity contribution in [2.45, 2.75) is 0 Å². The second kappa shape index (κ2) is 8.60. The number of hydrogen-bond acceptors (Lipinski definition) is 6. The summed E-state index contributed by atoms with van der Waals surface area (Å²) in [6, 6.07) is 13.3. The molecule has 0 unspecified atom stereocenters. The highest BCUT2D eigenvalue weighted by Crippen LogP contribution is 2.23. The van der Waals surface area contributed by atoms with Gasteiger partial charge in [-0.3, -0.25) is 19.3 Å². The molecule has 1 aliphatic heterocycles. The van der Waals surface area contributed by atoms with Gasteiger partial charge in [0.2, 0.25) is 5.88 Å². The van der Waals surface area contributed by atoms with Gasteiger partial charge in [0.05, 0.1) is 24.6 Å². The van der Waals surface area contributed by atoms with E-state index in [4.69, 9.17) is 17.0 Å². The number of H-pyrrole nitrogens is 1. The monoisotopic (exact) mass is 426 g/mol. The summed E-state index contributed by atoms with van der Waals surface area (Å²) >= 11 is 5.10. The van der Waals surface area contributed by atoms with E-state index in [1.54, 1.807) is 6.07 Å². The van der Waals surface area contributed by atoms with Crippen LogP contribution in [0.25, 0.3) is 5.69 Å². The van der Waals surface area contributed by atoms with Crippen LogP contribution in [-0.4, -0.2) is 47.2 Å². The molecule has 0 atom stereocenters. The maximum Gasteiger partial charge on any atom is 0.264 e. The number of ether oxygens (including phenoxy) is 1. The van der Waals surface area contributed by atoms with Crippen molar-refractivity contribution in [1.29, 1.82) is 0 Å². The first-order valence-electron chi connectivity index (χ1n) is 9.34. The Morgan fingerprint density at radius 1 is 1.13 bits per heavy atom. The molecule has 1 aliphatic rings. The first-order chi connectivity index (χ1) is 14.5. The second-order valence-electron chi connectivity index (χ2n) is 6.66. The Hall–Kier alpha value is -3.30. The molecule has 1 aromatic heterocycles. The smallest absolute Gasteiger partial charge is 0.264 e. The van der Waals surface area contributed by atoms with E-state index < -0.39 is 17.3 Å². The van der Waals surface area contributed by atoms with Crippen molar-refractivity contribution in [3.63, 3.8) is 0 Å². The fraction of sp³-hybridized carbons (Fsp3) is 0.190. The number of nitrogens with zero attached hydrogens (tertiary/aromatic N) is 3. The number of aromatic hydroxyl groups is 1. The lowest BCUT2D eigenvalue weighted by Gasteiger charge is -2.28. The molecule has 154 valence electrons. The molecule has 0 bridgehead atoms. The normalized spacial score (nSPS) is 14.4. The molecule has 9 heteroatoms. The maximum atomic E-state index is 14.2. The molecular weight excluding hydrogens is 407 g/mol. The summed E-state index contributed by atoms with van der Waals surface area (Å²) in [5, 5.41) is 10.6. The van der Waals surface area contributed by atoms with Crippen LogP contribution in [0.5, 0.6) is 5.88 Å². The van der Waals surface area contributed by atoms with Gasteiger partial charge in [0, 0.05) is 25.0 Å². The third-order valence-corrected chi connectivity index (χ3v) is 5.07. The summed E-state index contributed by atoms with van der Waals surface area (Å²) < 4.78 is 20.5. The molecule has 2 N–H and O–H groups in total. The van der Waals surface area contributed by atoms with Crippen LogP contribution in [0.1, 0.15) is 5.56 Å². The lowest BCUT2D eigenvalue weighted by molar-refractivity contribution is 0.122. The Labute approximate surface area is 176 Å². The molecule has 2 heterocycles. The van der Waals surface area contributed by atoms with Crippen LogP contribution in [0.4, 0.5) is 15.8 Å². The van der Waals surface area contributed by atoms with Crippen molar-refractivity contribution in [1.82, 2.24) is 9.55 Å². The average Bonchev–Trinajstić information content (AvgIpc) is 2.76. The summed E-state index contributed by atoms with van der Waals surface area (Å²) in [7, 11) is 0. The molecule has 0 radical (unpaired) electrons. The van der Waals surface area contributed by atoms with Crippen LogP contribution in [-0.2, 0) is 4.74 Å². The number of anilines is 1. The molecule has 0 amide bonds. The maximum absolute atomic E-state index is 14.2. The molecule has 2 aromatic carbocycles. The van der Waals surface area contributed by atoms with Crippen molar-refractivity contribution in [3.8, 4) is 11.6 Å². The Bertz CT molecular complexity index is 1200. The van der Waals surface area contributed by atoms with Crippen LogP contribution < -0.4 is 10.5 Å². The van der Waals surface area contributed by atoms with Crippen LogP contribution in [0.15, 0.2) is 58.3 Å². The predicted octanol–water partition coefficient (Wildman–Crippen LogP) is 3.33. The van der Waals surface area contributed by atoms with Gasteiger partial charge in [-0.05, 0) is 48.6 Å². The van der Waals surface area contributed by atoms with E-state index in [2.05, 4.69) is 14.9 Å². The van der Waals surface area contributed by atoms with E-state index in [0.717, 1.165) is 23.3 Å². The molecule has 0 spiro atoms. The zero-order valence-corrected chi connectivity index (χ0v) is 16.7. The molecule has 1 saturated heterocycles. The summed E-state index contributed by atoms with van der Waals surface area (Å²) in [6.45, 7) is 3.05. The third kappa shape index (κ3) is 4.03. The quantitative estimate of drug-likeness (QED) is 0.494. The summed E-state index contributed by atoms with van der Waals surface area (Å²) in [4.78, 5) is 21.3. The number of halogens is 1. The molecule has 4 rings (SSSR count). The van der Waals surface area contributed by atoms with Gasteiger partial charge in [-0.2, -0.15) is 0 Å². The van der Waals surface area contributed by atoms with Crippen LogP contribution in [0.2, 0.25) is 0 Å². The van der Waals surface area contributed by atoms with E-state index in [1.165, 1.54) is 24.4 Å². The number of para-hydroxylation sites is 1. The number of hydrogen-bond donors (Lipinski definition) is 2. The Kier molecular flexibility index (Phi) is 5.73. The number of rotatable bonds is 4. The number of morpholine rings is 1. The van der Waals surface area contributed by atoms with Gasteiger partial charge in [0.15, 0.2) is 4.77 Å².